The highest BCUT2D eigenvalue weighted by Crippen LogP contribution is 2.42. The predicted molar refractivity (Wildman–Crippen MR) is 101 cm³/mol. The molecule has 1 fully saturated rings. The Hall–Kier alpha value is -1.02. The number of rotatable bonds is 6. The van der Waals surface area contributed by atoms with E-state index >= 15 is 0 Å². The van der Waals surface area contributed by atoms with Gasteiger partial charge >= 0.3 is 0 Å². The molecule has 1 saturated heterocycles. The third kappa shape index (κ3) is 3.74. The molecule has 122 valence electrons. The topological polar surface area (TPSA) is 37.4 Å². The Labute approximate surface area is 154 Å². The molecule has 0 bridgehead atoms. The minimum atomic E-state index is 0.0665. The van der Waals surface area contributed by atoms with Crippen LogP contribution >= 0.6 is 39.5 Å². The summed E-state index contributed by atoms with van der Waals surface area (Å²) in [6.45, 7) is 1.59. The van der Waals surface area contributed by atoms with Gasteiger partial charge in [0.25, 0.3) is 0 Å². The molecule has 0 unspecified atom stereocenters. The van der Waals surface area contributed by atoms with Crippen molar-refractivity contribution in [1.29, 1.82) is 0 Å². The van der Waals surface area contributed by atoms with Gasteiger partial charge in [-0.3, -0.25) is 4.98 Å². The summed E-state index contributed by atoms with van der Waals surface area (Å²) in [6, 6.07) is 10.5. The molecule has 0 amide bonds. The van der Waals surface area contributed by atoms with E-state index in [1.807, 2.05) is 18.3 Å². The highest BCUT2D eigenvalue weighted by molar-refractivity contribution is 9.11. The number of thiocarbonyl (C=S) groups is 1. The number of halogens is 1. The molecule has 0 spiro atoms. The smallest absolute Gasteiger partial charge is 0.170 e. The number of pyridine rings is 1. The van der Waals surface area contributed by atoms with Gasteiger partial charge in [0.05, 0.1) is 21.6 Å². The van der Waals surface area contributed by atoms with Crippen molar-refractivity contribution >= 4 is 44.6 Å². The number of nitrogens with one attached hydrogen (secondary N) is 1. The first-order valence-electron chi connectivity index (χ1n) is 7.43. The zero-order valence-electron chi connectivity index (χ0n) is 12.7. The van der Waals surface area contributed by atoms with Crippen molar-refractivity contribution in [2.24, 2.45) is 0 Å². The van der Waals surface area contributed by atoms with Crippen molar-refractivity contribution in [3.8, 4) is 0 Å². The first kappa shape index (κ1) is 16.8. The van der Waals surface area contributed by atoms with Gasteiger partial charge in [0, 0.05) is 31.3 Å². The molecule has 0 radical (unpaired) electrons. The fraction of sp³-hybridized carbons (Fsp3) is 0.375. The van der Waals surface area contributed by atoms with Crippen LogP contribution in [0.3, 0.4) is 0 Å². The van der Waals surface area contributed by atoms with Crippen molar-refractivity contribution in [3.63, 3.8) is 0 Å². The van der Waals surface area contributed by atoms with Crippen LogP contribution in [0.1, 0.15) is 29.1 Å². The lowest BCUT2D eigenvalue weighted by atomic mass is 10.0. The molecule has 7 heteroatoms. The van der Waals surface area contributed by atoms with Crippen LogP contribution < -0.4 is 5.32 Å². The van der Waals surface area contributed by atoms with Gasteiger partial charge in [0.15, 0.2) is 5.11 Å². The van der Waals surface area contributed by atoms with E-state index in [0.717, 1.165) is 34.2 Å². The maximum atomic E-state index is 5.59. The van der Waals surface area contributed by atoms with Gasteiger partial charge in [-0.25, -0.2) is 0 Å². The van der Waals surface area contributed by atoms with Crippen LogP contribution in [0.15, 0.2) is 40.3 Å². The summed E-state index contributed by atoms with van der Waals surface area (Å²) in [5.41, 5.74) is 1.01. The standard InChI is InChI=1S/C16H18BrN3OS2/c1-21-10-4-9-20-15(12-6-7-13(17)23-12)14(19-16(20)22)11-5-2-3-8-18-11/h2-3,5-8,14-15H,4,9-10H2,1H3,(H,19,22)/t14-,15-/m0/s1. The lowest BCUT2D eigenvalue weighted by molar-refractivity contribution is 0.181. The Morgan fingerprint density at radius 2 is 2.26 bits per heavy atom. The van der Waals surface area contributed by atoms with Crippen LogP contribution in [-0.2, 0) is 4.74 Å². The number of hydrogen-bond acceptors (Lipinski definition) is 4. The van der Waals surface area contributed by atoms with Crippen LogP contribution in [0.25, 0.3) is 0 Å². The predicted octanol–water partition coefficient (Wildman–Crippen LogP) is 3.91. The Morgan fingerprint density at radius 1 is 1.39 bits per heavy atom. The van der Waals surface area contributed by atoms with Gasteiger partial charge in [-0.05, 0) is 58.8 Å². The minimum absolute atomic E-state index is 0.0665. The molecule has 2 atom stereocenters. The number of nitrogens with zero attached hydrogens (tertiary/aromatic N) is 2. The lowest BCUT2D eigenvalue weighted by Gasteiger charge is -2.26. The van der Waals surface area contributed by atoms with Crippen molar-refractivity contribution in [2.45, 2.75) is 18.5 Å². The lowest BCUT2D eigenvalue weighted by Crippen LogP contribution is -2.30. The van der Waals surface area contributed by atoms with E-state index in [2.05, 4.69) is 49.3 Å². The first-order valence-corrected chi connectivity index (χ1v) is 9.44. The number of thiophene rings is 1. The summed E-state index contributed by atoms with van der Waals surface area (Å²) >= 11 is 10.9. The summed E-state index contributed by atoms with van der Waals surface area (Å²) in [6.07, 6.45) is 2.77. The van der Waals surface area contributed by atoms with Crippen LogP contribution in [0.4, 0.5) is 0 Å². The normalized spacial score (nSPS) is 20.8. The Balaban J connectivity index is 1.91. The van der Waals surface area contributed by atoms with E-state index in [9.17, 15) is 0 Å². The highest BCUT2D eigenvalue weighted by atomic mass is 79.9. The van der Waals surface area contributed by atoms with Gasteiger partial charge in [0.1, 0.15) is 0 Å². The Kier molecular flexibility index (Phi) is 5.63. The number of ether oxygens (including phenoxy) is 1. The van der Waals surface area contributed by atoms with Gasteiger partial charge in [0.2, 0.25) is 0 Å². The summed E-state index contributed by atoms with van der Waals surface area (Å²) in [5.74, 6) is 0. The van der Waals surface area contributed by atoms with Crippen LogP contribution in [0.5, 0.6) is 0 Å². The largest absolute Gasteiger partial charge is 0.385 e. The van der Waals surface area contributed by atoms with Gasteiger partial charge in [-0.15, -0.1) is 11.3 Å². The summed E-state index contributed by atoms with van der Waals surface area (Å²) in [7, 11) is 1.73. The quantitative estimate of drug-likeness (QED) is 0.575. The highest BCUT2D eigenvalue weighted by Gasteiger charge is 2.40. The monoisotopic (exact) mass is 411 g/mol. The maximum absolute atomic E-state index is 5.59. The van der Waals surface area contributed by atoms with Crippen LogP contribution in [0.2, 0.25) is 0 Å². The van der Waals surface area contributed by atoms with Crippen molar-refractivity contribution in [2.75, 3.05) is 20.3 Å². The molecular weight excluding hydrogens is 394 g/mol. The Morgan fingerprint density at radius 3 is 2.91 bits per heavy atom. The molecule has 1 aliphatic rings. The van der Waals surface area contributed by atoms with E-state index in [-0.39, 0.29) is 12.1 Å². The van der Waals surface area contributed by atoms with E-state index in [4.69, 9.17) is 17.0 Å². The van der Waals surface area contributed by atoms with Crippen LogP contribution in [0, 0.1) is 0 Å². The molecule has 1 N–H and O–H groups in total. The molecule has 1 aliphatic heterocycles. The molecule has 4 nitrogen and oxygen atoms in total. The summed E-state index contributed by atoms with van der Waals surface area (Å²) in [4.78, 5) is 8.06. The third-order valence-corrected chi connectivity index (χ3v) is 5.88. The van der Waals surface area contributed by atoms with Crippen molar-refractivity contribution < 1.29 is 4.74 Å². The molecule has 3 heterocycles. The molecule has 0 aliphatic carbocycles. The van der Waals surface area contributed by atoms with Crippen molar-refractivity contribution in [1.82, 2.24) is 15.2 Å². The zero-order chi connectivity index (χ0) is 16.2. The second kappa shape index (κ2) is 7.70. The number of aromatic nitrogens is 1. The van der Waals surface area contributed by atoms with Crippen LogP contribution in [-0.4, -0.2) is 35.3 Å². The average Bonchev–Trinajstić information content (AvgIpc) is 3.12. The van der Waals surface area contributed by atoms with Crippen molar-refractivity contribution in [3.05, 3.63) is 50.9 Å². The second-order valence-electron chi connectivity index (χ2n) is 5.31. The van der Waals surface area contributed by atoms with E-state index in [1.54, 1.807) is 18.4 Å². The minimum Gasteiger partial charge on any atom is -0.385 e. The van der Waals surface area contributed by atoms with Gasteiger partial charge in [-0.1, -0.05) is 6.07 Å². The Bertz CT molecular complexity index is 664. The zero-order valence-corrected chi connectivity index (χ0v) is 16.0. The van der Waals surface area contributed by atoms with Gasteiger partial charge in [-0.2, -0.15) is 0 Å². The first-order chi connectivity index (χ1) is 11.2. The molecule has 2 aromatic heterocycles. The third-order valence-electron chi connectivity index (χ3n) is 3.83. The fourth-order valence-corrected chi connectivity index (χ4v) is 4.73. The molecule has 3 rings (SSSR count). The fourth-order valence-electron chi connectivity index (χ4n) is 2.82. The second-order valence-corrected chi connectivity index (χ2v) is 8.19. The molecule has 0 saturated carbocycles. The van der Waals surface area contributed by atoms with E-state index < -0.39 is 0 Å². The summed E-state index contributed by atoms with van der Waals surface area (Å²) in [5, 5.41) is 4.23. The maximum Gasteiger partial charge on any atom is 0.170 e. The molecule has 0 aromatic carbocycles. The van der Waals surface area contributed by atoms with E-state index in [1.165, 1.54) is 4.88 Å². The molecule has 2 aromatic rings. The van der Waals surface area contributed by atoms with Gasteiger partial charge < -0.3 is 15.0 Å². The number of hydrogen-bond donors (Lipinski definition) is 1. The molecule has 23 heavy (non-hydrogen) atoms. The van der Waals surface area contributed by atoms with E-state index in [0.29, 0.717) is 0 Å². The summed E-state index contributed by atoms with van der Waals surface area (Å²) < 4.78 is 6.31. The SMILES string of the molecule is COCCCN1C(=S)N[C@@H](c2ccccn2)[C@@H]1c1ccc(Br)s1. The average molecular weight is 412 g/mol. The number of methoxy groups -OCH3 is 1. The molecular formula is C16H18BrN3OS2.